The molecular formula is C20H17F3N2O4S. The van der Waals surface area contributed by atoms with Crippen molar-refractivity contribution in [2.45, 2.75) is 6.18 Å². The molecule has 0 spiro atoms. The maximum absolute atomic E-state index is 13.3. The molecule has 0 aliphatic rings. The number of rotatable bonds is 5. The molecule has 0 saturated carbocycles. The van der Waals surface area contributed by atoms with Crippen LogP contribution in [0.2, 0.25) is 0 Å². The predicted octanol–water partition coefficient (Wildman–Crippen LogP) is 4.23. The monoisotopic (exact) mass is 438 g/mol. The van der Waals surface area contributed by atoms with E-state index in [0.29, 0.717) is 11.1 Å². The fraction of sp³-hybridized carbons (Fsp3) is 0.150. The molecule has 1 heterocycles. The molecule has 158 valence electrons. The van der Waals surface area contributed by atoms with Crippen molar-refractivity contribution in [2.75, 3.05) is 11.0 Å². The summed E-state index contributed by atoms with van der Waals surface area (Å²) < 4.78 is 72.3. The smallest absolute Gasteiger partial charge is 0.419 e. The van der Waals surface area contributed by atoms with Crippen molar-refractivity contribution in [3.63, 3.8) is 0 Å². The lowest BCUT2D eigenvalue weighted by atomic mass is 10.1. The number of halogens is 3. The zero-order chi connectivity index (χ0) is 22.1. The molecule has 0 bridgehead atoms. The van der Waals surface area contributed by atoms with Gasteiger partial charge in [-0.15, -0.1) is 0 Å². The molecule has 0 amide bonds. The van der Waals surface area contributed by atoms with Gasteiger partial charge in [0, 0.05) is 36.1 Å². The van der Waals surface area contributed by atoms with Crippen LogP contribution in [0.3, 0.4) is 0 Å². The number of nitrogens with one attached hydrogen (secondary N) is 1. The third kappa shape index (κ3) is 5.01. The number of sulfonamides is 1. The van der Waals surface area contributed by atoms with E-state index < -0.39 is 27.5 Å². The minimum Gasteiger partial charge on any atom is -0.456 e. The molecule has 30 heavy (non-hydrogen) atoms. The Morgan fingerprint density at radius 1 is 1.00 bits per heavy atom. The van der Waals surface area contributed by atoms with Crippen LogP contribution in [0.25, 0.3) is 11.1 Å². The Balaban J connectivity index is 2.15. The number of alkyl halides is 3. The SMILES string of the molecule is Cn1cc(-c2cc(NS(C)(=O)=O)ccc2Oc2ccccc2C(F)(F)F)ccc1=O. The summed E-state index contributed by atoms with van der Waals surface area (Å²) in [7, 11) is -2.07. The van der Waals surface area contributed by atoms with E-state index in [1.54, 1.807) is 0 Å². The molecular weight excluding hydrogens is 421 g/mol. The Hall–Kier alpha value is -3.27. The summed E-state index contributed by atoms with van der Waals surface area (Å²) in [6.07, 6.45) is -2.17. The van der Waals surface area contributed by atoms with E-state index in [0.717, 1.165) is 12.3 Å². The molecule has 0 atom stereocenters. The van der Waals surface area contributed by atoms with Crippen LogP contribution in [0.15, 0.2) is 65.6 Å². The van der Waals surface area contributed by atoms with E-state index in [2.05, 4.69) is 4.72 Å². The quantitative estimate of drug-likeness (QED) is 0.647. The minimum atomic E-state index is -4.62. The lowest BCUT2D eigenvalue weighted by molar-refractivity contribution is -0.138. The van der Waals surface area contributed by atoms with Gasteiger partial charge in [-0.05, 0) is 36.4 Å². The number of aryl methyl sites for hydroxylation is 1. The first-order chi connectivity index (χ1) is 13.9. The van der Waals surface area contributed by atoms with Crippen LogP contribution in [-0.2, 0) is 23.2 Å². The zero-order valence-electron chi connectivity index (χ0n) is 15.9. The topological polar surface area (TPSA) is 77.4 Å². The maximum atomic E-state index is 13.3. The van der Waals surface area contributed by atoms with Crippen LogP contribution in [0.1, 0.15) is 5.56 Å². The fourth-order valence-corrected chi connectivity index (χ4v) is 3.34. The van der Waals surface area contributed by atoms with Crippen molar-refractivity contribution in [3.8, 4) is 22.6 Å². The second-order valence-corrected chi connectivity index (χ2v) is 8.30. The van der Waals surface area contributed by atoms with E-state index in [1.807, 2.05) is 0 Å². The van der Waals surface area contributed by atoms with Crippen LogP contribution in [0.5, 0.6) is 11.5 Å². The standard InChI is InChI=1S/C20H17F3N2O4S/c1-25-12-13(7-10-19(25)26)15-11-14(24-30(2,27)28)8-9-17(15)29-18-6-4-3-5-16(18)20(21,22)23/h3-12,24H,1-2H3. The van der Waals surface area contributed by atoms with Gasteiger partial charge in [0.15, 0.2) is 0 Å². The second kappa shape index (κ2) is 7.86. The lowest BCUT2D eigenvalue weighted by Gasteiger charge is -2.17. The average Bonchev–Trinajstić information content (AvgIpc) is 2.63. The number of nitrogens with zero attached hydrogens (tertiary/aromatic N) is 1. The first kappa shape index (κ1) is 21.4. The first-order valence-corrected chi connectivity index (χ1v) is 10.5. The van der Waals surface area contributed by atoms with Crippen LogP contribution in [0.4, 0.5) is 18.9 Å². The van der Waals surface area contributed by atoms with Crippen LogP contribution in [-0.4, -0.2) is 19.2 Å². The van der Waals surface area contributed by atoms with Crippen molar-refractivity contribution in [1.82, 2.24) is 4.57 Å². The Morgan fingerprint density at radius 3 is 2.33 bits per heavy atom. The van der Waals surface area contributed by atoms with Gasteiger partial charge in [0.2, 0.25) is 15.6 Å². The van der Waals surface area contributed by atoms with Gasteiger partial charge in [-0.25, -0.2) is 8.42 Å². The van der Waals surface area contributed by atoms with Gasteiger partial charge in [-0.1, -0.05) is 12.1 Å². The molecule has 6 nitrogen and oxygen atoms in total. The van der Waals surface area contributed by atoms with Gasteiger partial charge in [0.05, 0.1) is 11.8 Å². The third-order valence-electron chi connectivity index (χ3n) is 4.09. The minimum absolute atomic E-state index is 0.0596. The van der Waals surface area contributed by atoms with Gasteiger partial charge in [-0.2, -0.15) is 13.2 Å². The summed E-state index contributed by atoms with van der Waals surface area (Å²) in [4.78, 5) is 11.7. The van der Waals surface area contributed by atoms with Crippen molar-refractivity contribution in [1.29, 1.82) is 0 Å². The molecule has 10 heteroatoms. The highest BCUT2D eigenvalue weighted by atomic mass is 32.2. The van der Waals surface area contributed by atoms with Crippen LogP contribution < -0.4 is 15.0 Å². The van der Waals surface area contributed by atoms with E-state index in [4.69, 9.17) is 4.74 Å². The molecule has 0 saturated heterocycles. The number of benzene rings is 2. The van der Waals surface area contributed by atoms with Gasteiger partial charge in [-0.3, -0.25) is 9.52 Å². The van der Waals surface area contributed by atoms with Crippen molar-refractivity contribution >= 4 is 15.7 Å². The van der Waals surface area contributed by atoms with Gasteiger partial charge in [0.25, 0.3) is 0 Å². The van der Waals surface area contributed by atoms with Crippen molar-refractivity contribution in [2.24, 2.45) is 7.05 Å². The molecule has 1 N–H and O–H groups in total. The normalized spacial score (nSPS) is 11.9. The fourth-order valence-electron chi connectivity index (χ4n) is 2.78. The lowest BCUT2D eigenvalue weighted by Crippen LogP contribution is -2.14. The van der Waals surface area contributed by atoms with Crippen molar-refractivity contribution < 1.29 is 26.3 Å². The average molecular weight is 438 g/mol. The number of hydrogen-bond acceptors (Lipinski definition) is 4. The highest BCUT2D eigenvalue weighted by Gasteiger charge is 2.34. The van der Waals surface area contributed by atoms with Crippen molar-refractivity contribution in [3.05, 3.63) is 76.7 Å². The van der Waals surface area contributed by atoms with Gasteiger partial charge in [0.1, 0.15) is 11.5 Å². The Kier molecular flexibility index (Phi) is 5.62. The second-order valence-electron chi connectivity index (χ2n) is 6.55. The summed E-state index contributed by atoms with van der Waals surface area (Å²) in [6, 6.07) is 11.7. The Morgan fingerprint density at radius 2 is 1.70 bits per heavy atom. The number of hydrogen-bond donors (Lipinski definition) is 1. The highest BCUT2D eigenvalue weighted by Crippen LogP contribution is 2.41. The largest absolute Gasteiger partial charge is 0.456 e. The summed E-state index contributed by atoms with van der Waals surface area (Å²) in [5.74, 6) is -0.343. The third-order valence-corrected chi connectivity index (χ3v) is 4.70. The zero-order valence-corrected chi connectivity index (χ0v) is 16.7. The van der Waals surface area contributed by atoms with Gasteiger partial charge < -0.3 is 9.30 Å². The predicted molar refractivity (Wildman–Crippen MR) is 107 cm³/mol. The van der Waals surface area contributed by atoms with Crippen LogP contribution >= 0.6 is 0 Å². The molecule has 0 fully saturated rings. The Labute approximate surface area is 170 Å². The summed E-state index contributed by atoms with van der Waals surface area (Å²) in [5.41, 5.74) is -0.286. The van der Waals surface area contributed by atoms with Crippen LogP contribution in [0, 0.1) is 0 Å². The van der Waals surface area contributed by atoms with E-state index in [-0.39, 0.29) is 17.0 Å². The highest BCUT2D eigenvalue weighted by molar-refractivity contribution is 7.92. The molecule has 3 aromatic rings. The molecule has 0 aliphatic carbocycles. The van der Waals surface area contributed by atoms with E-state index in [9.17, 15) is 26.4 Å². The number of pyridine rings is 1. The number of ether oxygens (including phenoxy) is 1. The molecule has 1 aromatic heterocycles. The summed E-state index contributed by atoms with van der Waals surface area (Å²) in [5, 5.41) is 0. The Bertz CT molecular complexity index is 1250. The van der Waals surface area contributed by atoms with E-state index >= 15 is 0 Å². The molecule has 0 radical (unpaired) electrons. The molecule has 2 aromatic carbocycles. The summed E-state index contributed by atoms with van der Waals surface area (Å²) >= 11 is 0. The van der Waals surface area contributed by atoms with Gasteiger partial charge >= 0.3 is 6.18 Å². The molecule has 3 rings (SSSR count). The number of aromatic nitrogens is 1. The molecule has 0 aliphatic heterocycles. The van der Waals surface area contributed by atoms with E-state index in [1.165, 1.54) is 66.3 Å². The first-order valence-electron chi connectivity index (χ1n) is 8.57. The number of para-hydroxylation sites is 1. The summed E-state index contributed by atoms with van der Waals surface area (Å²) in [6.45, 7) is 0. The number of anilines is 1. The maximum Gasteiger partial charge on any atom is 0.419 e. The molecule has 0 unspecified atom stereocenters.